The standard InChI is InChI=1S/C21H25N7O3/c1-21(2,31)16-11-17-26(3)20(30)15(9-10-28(17)24-16)23-19(29)18-22-13-27(25-18)12-14-7-5-4-6-8-14/h4-8,11,13,15,31H,9-10,12H2,1-3H3,(H,23,29). The molecule has 10 nitrogen and oxygen atoms in total. The molecule has 1 aromatic carbocycles. The molecule has 162 valence electrons. The molecular weight excluding hydrogens is 398 g/mol. The lowest BCUT2D eigenvalue weighted by atomic mass is 10.1. The molecule has 0 spiro atoms. The van der Waals surface area contributed by atoms with Gasteiger partial charge in [0.25, 0.3) is 11.8 Å². The van der Waals surface area contributed by atoms with Gasteiger partial charge in [0.05, 0.1) is 12.2 Å². The molecule has 1 unspecified atom stereocenters. The number of hydrogen-bond donors (Lipinski definition) is 2. The number of nitrogens with zero attached hydrogens (tertiary/aromatic N) is 6. The molecule has 0 radical (unpaired) electrons. The summed E-state index contributed by atoms with van der Waals surface area (Å²) in [7, 11) is 1.63. The van der Waals surface area contributed by atoms with Crippen LogP contribution in [0.2, 0.25) is 0 Å². The zero-order valence-electron chi connectivity index (χ0n) is 17.7. The summed E-state index contributed by atoms with van der Waals surface area (Å²) >= 11 is 0. The van der Waals surface area contributed by atoms with E-state index < -0.39 is 17.6 Å². The quantitative estimate of drug-likeness (QED) is 0.630. The van der Waals surface area contributed by atoms with Crippen LogP contribution in [0.5, 0.6) is 0 Å². The molecule has 1 atom stereocenters. The van der Waals surface area contributed by atoms with Crippen LogP contribution in [0.3, 0.4) is 0 Å². The number of carbonyl (C=O) groups is 2. The van der Waals surface area contributed by atoms with Crippen LogP contribution in [0.1, 0.15) is 42.1 Å². The Labute approximate surface area is 179 Å². The van der Waals surface area contributed by atoms with E-state index in [-0.39, 0.29) is 11.7 Å². The molecule has 1 aliphatic heterocycles. The Hall–Kier alpha value is -3.53. The van der Waals surface area contributed by atoms with Crippen LogP contribution >= 0.6 is 0 Å². The smallest absolute Gasteiger partial charge is 0.291 e. The third kappa shape index (κ3) is 4.33. The second-order valence-corrected chi connectivity index (χ2v) is 8.13. The normalized spacial score (nSPS) is 16.7. The van der Waals surface area contributed by atoms with Crippen LogP contribution in [0.25, 0.3) is 0 Å². The summed E-state index contributed by atoms with van der Waals surface area (Å²) in [6.45, 7) is 4.20. The molecule has 2 N–H and O–H groups in total. The Balaban J connectivity index is 1.44. The van der Waals surface area contributed by atoms with E-state index in [0.29, 0.717) is 31.0 Å². The Morgan fingerprint density at radius 2 is 2.00 bits per heavy atom. The maximum absolute atomic E-state index is 12.9. The van der Waals surface area contributed by atoms with E-state index in [2.05, 4.69) is 20.5 Å². The number of nitrogens with one attached hydrogen (secondary N) is 1. The first-order chi connectivity index (χ1) is 14.7. The number of carbonyl (C=O) groups excluding carboxylic acids is 2. The van der Waals surface area contributed by atoms with Crippen molar-refractivity contribution in [2.75, 3.05) is 11.9 Å². The minimum absolute atomic E-state index is 0.0117. The van der Waals surface area contributed by atoms with Crippen LogP contribution < -0.4 is 10.2 Å². The number of aliphatic hydroxyl groups is 1. The van der Waals surface area contributed by atoms with E-state index in [1.165, 1.54) is 11.2 Å². The molecule has 2 amide bonds. The number of rotatable bonds is 5. The molecule has 3 heterocycles. The molecule has 0 aliphatic carbocycles. The van der Waals surface area contributed by atoms with Crippen LogP contribution in [0, 0.1) is 0 Å². The molecule has 0 bridgehead atoms. The largest absolute Gasteiger partial charge is 0.384 e. The van der Waals surface area contributed by atoms with Crippen molar-refractivity contribution < 1.29 is 14.7 Å². The lowest BCUT2D eigenvalue weighted by molar-refractivity contribution is -0.120. The summed E-state index contributed by atoms with van der Waals surface area (Å²) in [5, 5.41) is 21.6. The average Bonchev–Trinajstić information content (AvgIpc) is 3.35. The van der Waals surface area contributed by atoms with Gasteiger partial charge in [-0.15, -0.1) is 5.10 Å². The summed E-state index contributed by atoms with van der Waals surface area (Å²) in [6.07, 6.45) is 1.86. The predicted molar refractivity (Wildman–Crippen MR) is 112 cm³/mol. The lowest BCUT2D eigenvalue weighted by Crippen LogP contribution is -2.47. The topological polar surface area (TPSA) is 118 Å². The molecule has 1 aliphatic rings. The molecule has 31 heavy (non-hydrogen) atoms. The predicted octanol–water partition coefficient (Wildman–Crippen LogP) is 0.915. The van der Waals surface area contributed by atoms with Gasteiger partial charge in [0.2, 0.25) is 5.82 Å². The summed E-state index contributed by atoms with van der Waals surface area (Å²) in [6, 6.07) is 10.7. The third-order valence-electron chi connectivity index (χ3n) is 5.22. The Kier molecular flexibility index (Phi) is 5.32. The van der Waals surface area contributed by atoms with Gasteiger partial charge in [0.15, 0.2) is 0 Å². The number of amides is 2. The monoisotopic (exact) mass is 423 g/mol. The van der Waals surface area contributed by atoms with Gasteiger partial charge in [-0.25, -0.2) is 14.3 Å². The Morgan fingerprint density at radius 3 is 2.71 bits per heavy atom. The summed E-state index contributed by atoms with van der Waals surface area (Å²) in [4.78, 5) is 31.1. The van der Waals surface area contributed by atoms with Crippen molar-refractivity contribution in [2.45, 2.75) is 45.0 Å². The average molecular weight is 423 g/mol. The minimum atomic E-state index is -1.11. The molecule has 4 rings (SSSR count). The Morgan fingerprint density at radius 1 is 1.26 bits per heavy atom. The van der Waals surface area contributed by atoms with Crippen LogP contribution in [-0.2, 0) is 23.5 Å². The SMILES string of the molecule is CN1C(=O)C(NC(=O)c2ncn(Cc3ccccc3)n2)CCn2nc(C(C)(C)O)cc21. The molecule has 10 heteroatoms. The van der Waals surface area contributed by atoms with E-state index in [0.717, 1.165) is 5.56 Å². The highest BCUT2D eigenvalue weighted by atomic mass is 16.3. The van der Waals surface area contributed by atoms with Gasteiger partial charge < -0.3 is 10.4 Å². The van der Waals surface area contributed by atoms with Crippen molar-refractivity contribution in [3.8, 4) is 0 Å². The van der Waals surface area contributed by atoms with E-state index in [1.54, 1.807) is 36.3 Å². The van der Waals surface area contributed by atoms with Gasteiger partial charge in [-0.2, -0.15) is 5.10 Å². The van der Waals surface area contributed by atoms with Crippen LogP contribution in [0.15, 0.2) is 42.7 Å². The highest BCUT2D eigenvalue weighted by Crippen LogP contribution is 2.26. The van der Waals surface area contributed by atoms with Gasteiger partial charge in [0.1, 0.15) is 23.8 Å². The molecule has 3 aromatic rings. The molecule has 0 fully saturated rings. The van der Waals surface area contributed by atoms with Gasteiger partial charge >= 0.3 is 0 Å². The summed E-state index contributed by atoms with van der Waals surface area (Å²) in [5.41, 5.74) is 0.415. The van der Waals surface area contributed by atoms with Crippen LogP contribution in [-0.4, -0.2) is 54.6 Å². The van der Waals surface area contributed by atoms with Crippen molar-refractivity contribution in [3.05, 3.63) is 59.8 Å². The highest BCUT2D eigenvalue weighted by molar-refractivity contribution is 6.00. The van der Waals surface area contributed by atoms with Gasteiger partial charge in [-0.05, 0) is 25.8 Å². The molecule has 0 saturated carbocycles. The first kappa shape index (κ1) is 20.7. The van der Waals surface area contributed by atoms with E-state index in [1.807, 2.05) is 30.3 Å². The number of hydrogen-bond acceptors (Lipinski definition) is 6. The van der Waals surface area contributed by atoms with E-state index in [4.69, 9.17) is 0 Å². The third-order valence-corrected chi connectivity index (χ3v) is 5.22. The number of fused-ring (bicyclic) bond motifs is 1. The Bertz CT molecular complexity index is 1100. The van der Waals surface area contributed by atoms with E-state index in [9.17, 15) is 14.7 Å². The van der Waals surface area contributed by atoms with Crippen molar-refractivity contribution in [1.29, 1.82) is 0 Å². The number of aromatic nitrogens is 5. The van der Waals surface area contributed by atoms with Gasteiger partial charge in [-0.3, -0.25) is 14.5 Å². The fraction of sp³-hybridized carbons (Fsp3) is 0.381. The van der Waals surface area contributed by atoms with Crippen molar-refractivity contribution >= 4 is 17.6 Å². The second-order valence-electron chi connectivity index (χ2n) is 8.13. The van der Waals surface area contributed by atoms with Crippen molar-refractivity contribution in [1.82, 2.24) is 29.9 Å². The maximum Gasteiger partial charge on any atom is 0.291 e. The van der Waals surface area contributed by atoms with Crippen molar-refractivity contribution in [3.63, 3.8) is 0 Å². The fourth-order valence-corrected chi connectivity index (χ4v) is 3.46. The fourth-order valence-electron chi connectivity index (χ4n) is 3.46. The maximum atomic E-state index is 12.9. The molecule has 2 aromatic heterocycles. The highest BCUT2D eigenvalue weighted by Gasteiger charge is 2.33. The van der Waals surface area contributed by atoms with Gasteiger partial charge in [-0.1, -0.05) is 30.3 Å². The van der Waals surface area contributed by atoms with E-state index >= 15 is 0 Å². The first-order valence-corrected chi connectivity index (χ1v) is 10.0. The lowest BCUT2D eigenvalue weighted by Gasteiger charge is -2.20. The molecular formula is C21H25N7O3. The first-order valence-electron chi connectivity index (χ1n) is 10.0. The van der Waals surface area contributed by atoms with Crippen LogP contribution in [0.4, 0.5) is 5.82 Å². The minimum Gasteiger partial charge on any atom is -0.384 e. The number of aryl methyl sites for hydroxylation is 1. The summed E-state index contributed by atoms with van der Waals surface area (Å²) < 4.78 is 3.25. The number of benzene rings is 1. The zero-order chi connectivity index (χ0) is 22.2. The number of anilines is 1. The second kappa shape index (κ2) is 7.95. The molecule has 0 saturated heterocycles. The van der Waals surface area contributed by atoms with Gasteiger partial charge in [0, 0.05) is 19.7 Å². The summed E-state index contributed by atoms with van der Waals surface area (Å²) in [5.74, 6) is -0.185. The van der Waals surface area contributed by atoms with Crippen molar-refractivity contribution in [2.24, 2.45) is 0 Å². The zero-order valence-corrected chi connectivity index (χ0v) is 17.7. The number of likely N-dealkylation sites (N-methyl/N-ethyl adjacent to an activating group) is 1.